The zero-order chi connectivity index (χ0) is 15.4. The Labute approximate surface area is 116 Å². The molecule has 1 aromatic carbocycles. The molecule has 1 atom stereocenters. The molecule has 0 saturated heterocycles. The lowest BCUT2D eigenvalue weighted by Gasteiger charge is -2.13. The van der Waals surface area contributed by atoms with E-state index in [0.29, 0.717) is 12.1 Å². The summed E-state index contributed by atoms with van der Waals surface area (Å²) in [4.78, 5) is 32.8. The fourth-order valence-corrected chi connectivity index (χ4v) is 1.46. The van der Waals surface area contributed by atoms with Gasteiger partial charge in [0.1, 0.15) is 17.7 Å². The van der Waals surface area contributed by atoms with E-state index in [2.05, 4.69) is 0 Å². The van der Waals surface area contributed by atoms with Crippen LogP contribution in [0.4, 0.5) is 8.78 Å². The smallest absolute Gasteiger partial charge is 0.326 e. The van der Waals surface area contributed by atoms with Crippen LogP contribution in [0.15, 0.2) is 12.1 Å². The Bertz CT molecular complexity index is 578. The third-order valence-corrected chi connectivity index (χ3v) is 2.53. The zero-order valence-electron chi connectivity index (χ0n) is 9.69. The van der Waals surface area contributed by atoms with Gasteiger partial charge in [0.05, 0.1) is 17.0 Å². The van der Waals surface area contributed by atoms with Crippen LogP contribution in [-0.2, 0) is 9.59 Å². The van der Waals surface area contributed by atoms with E-state index in [1.165, 1.54) is 0 Å². The van der Waals surface area contributed by atoms with Crippen molar-refractivity contribution < 1.29 is 33.4 Å². The zero-order valence-corrected chi connectivity index (χ0v) is 10.4. The van der Waals surface area contributed by atoms with Crippen molar-refractivity contribution >= 4 is 29.4 Å². The third kappa shape index (κ3) is 3.89. The molecular formula is C11H8ClF2NO5. The van der Waals surface area contributed by atoms with Gasteiger partial charge in [0.2, 0.25) is 0 Å². The van der Waals surface area contributed by atoms with E-state index in [9.17, 15) is 23.2 Å². The Kier molecular flexibility index (Phi) is 4.98. The SMILES string of the molecule is O=C(O)C[C@H](NC(=O)c1cc(F)c(Cl)cc1F)C(=O)O. The predicted octanol–water partition coefficient (Wildman–Crippen LogP) is 1.28. The summed E-state index contributed by atoms with van der Waals surface area (Å²) in [5, 5.41) is 18.4. The molecule has 0 aliphatic rings. The number of benzene rings is 1. The number of nitrogens with one attached hydrogen (secondary N) is 1. The first kappa shape index (κ1) is 15.8. The molecule has 108 valence electrons. The molecule has 0 spiro atoms. The second kappa shape index (κ2) is 6.29. The van der Waals surface area contributed by atoms with Crippen molar-refractivity contribution in [3.63, 3.8) is 0 Å². The van der Waals surface area contributed by atoms with Crippen LogP contribution >= 0.6 is 11.6 Å². The normalized spacial score (nSPS) is 11.8. The first-order valence-corrected chi connectivity index (χ1v) is 5.50. The number of hydrogen-bond acceptors (Lipinski definition) is 3. The van der Waals surface area contributed by atoms with Crippen molar-refractivity contribution in [1.29, 1.82) is 0 Å². The molecule has 6 nitrogen and oxygen atoms in total. The molecule has 0 saturated carbocycles. The molecule has 3 N–H and O–H groups in total. The highest BCUT2D eigenvalue weighted by Crippen LogP contribution is 2.19. The molecule has 20 heavy (non-hydrogen) atoms. The molecule has 1 amide bonds. The lowest BCUT2D eigenvalue weighted by Crippen LogP contribution is -2.42. The molecule has 0 aromatic heterocycles. The van der Waals surface area contributed by atoms with Crippen LogP contribution in [-0.4, -0.2) is 34.1 Å². The Morgan fingerprint density at radius 1 is 1.20 bits per heavy atom. The summed E-state index contributed by atoms with van der Waals surface area (Å²) in [5.74, 6) is -6.57. The van der Waals surface area contributed by atoms with Crippen molar-refractivity contribution in [1.82, 2.24) is 5.32 Å². The van der Waals surface area contributed by atoms with Gasteiger partial charge in [-0.1, -0.05) is 11.6 Å². The summed E-state index contributed by atoms with van der Waals surface area (Å²) in [6.07, 6.45) is -0.904. The number of carbonyl (C=O) groups excluding carboxylic acids is 1. The summed E-state index contributed by atoms with van der Waals surface area (Å²) in [7, 11) is 0. The van der Waals surface area contributed by atoms with Crippen LogP contribution in [0.1, 0.15) is 16.8 Å². The fourth-order valence-electron chi connectivity index (χ4n) is 1.31. The molecule has 1 rings (SSSR count). The molecule has 9 heteroatoms. The number of aliphatic carboxylic acids is 2. The maximum absolute atomic E-state index is 13.4. The second-order valence-electron chi connectivity index (χ2n) is 3.71. The highest BCUT2D eigenvalue weighted by molar-refractivity contribution is 6.30. The fraction of sp³-hybridized carbons (Fsp3) is 0.182. The quantitative estimate of drug-likeness (QED) is 0.711. The van der Waals surface area contributed by atoms with Gasteiger partial charge in [-0.05, 0) is 12.1 Å². The number of rotatable bonds is 5. The van der Waals surface area contributed by atoms with Gasteiger partial charge >= 0.3 is 11.9 Å². The Morgan fingerprint density at radius 2 is 1.80 bits per heavy atom. The Morgan fingerprint density at radius 3 is 2.30 bits per heavy atom. The number of carboxylic acids is 2. The summed E-state index contributed by atoms with van der Waals surface area (Å²) < 4.78 is 26.6. The summed E-state index contributed by atoms with van der Waals surface area (Å²) in [5.41, 5.74) is -0.775. The highest BCUT2D eigenvalue weighted by Gasteiger charge is 2.25. The van der Waals surface area contributed by atoms with Gasteiger partial charge in [-0.15, -0.1) is 0 Å². The van der Waals surface area contributed by atoms with Gasteiger partial charge in [0, 0.05) is 0 Å². The molecular weight excluding hydrogens is 300 g/mol. The van der Waals surface area contributed by atoms with E-state index in [0.717, 1.165) is 0 Å². The van der Waals surface area contributed by atoms with E-state index in [-0.39, 0.29) is 0 Å². The van der Waals surface area contributed by atoms with Gasteiger partial charge in [0.15, 0.2) is 0 Å². The van der Waals surface area contributed by atoms with Crippen molar-refractivity contribution in [3.05, 3.63) is 34.4 Å². The van der Waals surface area contributed by atoms with Crippen molar-refractivity contribution in [2.75, 3.05) is 0 Å². The van der Waals surface area contributed by atoms with E-state index >= 15 is 0 Å². The standard InChI is InChI=1S/C11H8ClF2NO5/c12-5-2-6(13)4(1-7(5)14)10(18)15-8(11(19)20)3-9(16)17/h1-2,8H,3H2,(H,15,18)(H,16,17)(H,19,20)/t8-/m0/s1. The van der Waals surface area contributed by atoms with Crippen LogP contribution in [0, 0.1) is 11.6 Å². The number of carbonyl (C=O) groups is 3. The average molecular weight is 308 g/mol. The molecule has 0 aliphatic carbocycles. The lowest BCUT2D eigenvalue weighted by molar-refractivity contribution is -0.145. The minimum Gasteiger partial charge on any atom is -0.481 e. The van der Waals surface area contributed by atoms with Crippen LogP contribution < -0.4 is 5.32 Å². The van der Waals surface area contributed by atoms with Crippen LogP contribution in [0.25, 0.3) is 0 Å². The molecule has 1 aromatic rings. The first-order chi connectivity index (χ1) is 9.22. The number of amides is 1. The Hall–Kier alpha value is -2.22. The first-order valence-electron chi connectivity index (χ1n) is 5.12. The van der Waals surface area contributed by atoms with E-state index < -0.39 is 52.5 Å². The van der Waals surface area contributed by atoms with E-state index in [1.54, 1.807) is 5.32 Å². The van der Waals surface area contributed by atoms with Crippen LogP contribution in [0.2, 0.25) is 5.02 Å². The molecule has 0 heterocycles. The monoisotopic (exact) mass is 307 g/mol. The summed E-state index contributed by atoms with van der Waals surface area (Å²) in [6, 6.07) is -0.719. The molecule has 0 aliphatic heterocycles. The van der Waals surface area contributed by atoms with Gasteiger partial charge in [0.25, 0.3) is 5.91 Å². The number of halogens is 3. The molecule has 0 radical (unpaired) electrons. The largest absolute Gasteiger partial charge is 0.481 e. The Balaban J connectivity index is 2.97. The lowest BCUT2D eigenvalue weighted by atomic mass is 10.1. The number of hydrogen-bond donors (Lipinski definition) is 3. The predicted molar refractivity (Wildman–Crippen MR) is 62.5 cm³/mol. The summed E-state index contributed by atoms with van der Waals surface area (Å²) in [6.45, 7) is 0. The van der Waals surface area contributed by atoms with Crippen LogP contribution in [0.5, 0.6) is 0 Å². The van der Waals surface area contributed by atoms with Gasteiger partial charge in [-0.3, -0.25) is 9.59 Å². The maximum Gasteiger partial charge on any atom is 0.326 e. The molecule has 0 bridgehead atoms. The van der Waals surface area contributed by atoms with Crippen molar-refractivity contribution in [2.45, 2.75) is 12.5 Å². The van der Waals surface area contributed by atoms with Crippen molar-refractivity contribution in [2.24, 2.45) is 0 Å². The van der Waals surface area contributed by atoms with E-state index in [4.69, 9.17) is 21.8 Å². The third-order valence-electron chi connectivity index (χ3n) is 2.24. The maximum atomic E-state index is 13.4. The van der Waals surface area contributed by atoms with Gasteiger partial charge < -0.3 is 15.5 Å². The van der Waals surface area contributed by atoms with Gasteiger partial charge in [-0.2, -0.15) is 0 Å². The average Bonchev–Trinajstić information content (AvgIpc) is 2.32. The topological polar surface area (TPSA) is 104 Å². The van der Waals surface area contributed by atoms with Crippen LogP contribution in [0.3, 0.4) is 0 Å². The van der Waals surface area contributed by atoms with Crippen molar-refractivity contribution in [3.8, 4) is 0 Å². The minimum atomic E-state index is -1.77. The minimum absolute atomic E-state index is 0.493. The molecule has 0 fully saturated rings. The van der Waals surface area contributed by atoms with Gasteiger partial charge in [-0.25, -0.2) is 13.6 Å². The second-order valence-corrected chi connectivity index (χ2v) is 4.12. The highest BCUT2D eigenvalue weighted by atomic mass is 35.5. The molecule has 0 unspecified atom stereocenters. The number of carboxylic acid groups (broad SMARTS) is 2. The summed E-state index contributed by atoms with van der Waals surface area (Å²) >= 11 is 5.30. The van der Waals surface area contributed by atoms with E-state index in [1.807, 2.05) is 0 Å².